The largest absolute Gasteiger partial charge is 0.508 e. The van der Waals surface area contributed by atoms with Gasteiger partial charge in [0.25, 0.3) is 5.91 Å². The second-order valence-electron chi connectivity index (χ2n) is 4.56. The van der Waals surface area contributed by atoms with Gasteiger partial charge in [-0.1, -0.05) is 30.3 Å². The monoisotopic (exact) mass is 312 g/mol. The summed E-state index contributed by atoms with van der Waals surface area (Å²) in [6, 6.07) is 13.4. The molecule has 1 amide bonds. The predicted molar refractivity (Wildman–Crippen MR) is 85.3 cm³/mol. The van der Waals surface area contributed by atoms with Crippen molar-refractivity contribution in [1.29, 1.82) is 0 Å². The lowest BCUT2D eigenvalue weighted by Gasteiger charge is -2.04. The Morgan fingerprint density at radius 3 is 2.59 bits per heavy atom. The van der Waals surface area contributed by atoms with Gasteiger partial charge in [-0.3, -0.25) is 10.1 Å². The van der Waals surface area contributed by atoms with E-state index in [-0.39, 0.29) is 17.1 Å². The number of thiazole rings is 1. The van der Waals surface area contributed by atoms with Crippen LogP contribution in [-0.2, 0) is 0 Å². The summed E-state index contributed by atoms with van der Waals surface area (Å²) < 4.78 is 0. The van der Waals surface area contributed by atoms with E-state index >= 15 is 0 Å². The number of carbonyl (C=O) groups is 1. The fraction of sp³-hybridized carbons (Fsp3) is 0. The molecule has 0 aliphatic heterocycles. The maximum Gasteiger partial charge on any atom is 0.261 e. The second-order valence-corrected chi connectivity index (χ2v) is 5.42. The van der Waals surface area contributed by atoms with Crippen molar-refractivity contribution in [2.75, 3.05) is 5.32 Å². The summed E-state index contributed by atoms with van der Waals surface area (Å²) in [4.78, 5) is 16.5. The minimum atomic E-state index is -0.480. The smallest absolute Gasteiger partial charge is 0.261 e. The Balaban J connectivity index is 1.79. The highest BCUT2D eigenvalue weighted by Gasteiger charge is 2.14. The van der Waals surface area contributed by atoms with Gasteiger partial charge < -0.3 is 10.2 Å². The third-order valence-corrected chi connectivity index (χ3v) is 3.78. The Labute approximate surface area is 130 Å². The van der Waals surface area contributed by atoms with Gasteiger partial charge in [0.05, 0.1) is 11.3 Å². The van der Waals surface area contributed by atoms with E-state index in [1.165, 1.54) is 23.5 Å². The summed E-state index contributed by atoms with van der Waals surface area (Å²) in [6.07, 6.45) is 0. The molecule has 1 heterocycles. The number of nitrogens with zero attached hydrogens (tertiary/aromatic N) is 1. The van der Waals surface area contributed by atoms with E-state index in [0.29, 0.717) is 5.13 Å². The van der Waals surface area contributed by atoms with Gasteiger partial charge >= 0.3 is 0 Å². The molecule has 0 aliphatic carbocycles. The Bertz CT molecular complexity index is 815. The molecule has 3 aromatic rings. The number of phenolic OH excluding ortho intramolecular Hbond substituents is 2. The molecule has 0 atom stereocenters. The number of hydrogen-bond donors (Lipinski definition) is 3. The molecule has 6 heteroatoms. The number of carbonyl (C=O) groups excluding carboxylic acids is 1. The predicted octanol–water partition coefficient (Wildman–Crippen LogP) is 3.47. The van der Waals surface area contributed by atoms with Crippen LogP contribution in [0.25, 0.3) is 11.3 Å². The zero-order valence-electron chi connectivity index (χ0n) is 11.4. The summed E-state index contributed by atoms with van der Waals surface area (Å²) >= 11 is 1.30. The Morgan fingerprint density at radius 1 is 1.09 bits per heavy atom. The molecule has 0 spiro atoms. The van der Waals surface area contributed by atoms with E-state index in [2.05, 4.69) is 10.3 Å². The molecule has 0 radical (unpaired) electrons. The van der Waals surface area contributed by atoms with Crippen LogP contribution in [0.15, 0.2) is 53.9 Å². The first-order chi connectivity index (χ1) is 10.6. The number of amides is 1. The van der Waals surface area contributed by atoms with Crippen LogP contribution in [0.1, 0.15) is 10.4 Å². The molecule has 0 aliphatic rings. The van der Waals surface area contributed by atoms with E-state index in [4.69, 9.17) is 0 Å². The number of anilines is 1. The van der Waals surface area contributed by atoms with Gasteiger partial charge in [-0.2, -0.15) is 0 Å². The first kappa shape index (κ1) is 14.1. The minimum absolute atomic E-state index is 0.0780. The lowest BCUT2D eigenvalue weighted by Crippen LogP contribution is -2.11. The van der Waals surface area contributed by atoms with Gasteiger partial charge in [-0.15, -0.1) is 11.3 Å². The first-order valence-electron chi connectivity index (χ1n) is 6.48. The fourth-order valence-corrected chi connectivity index (χ4v) is 2.66. The molecule has 0 unspecified atom stereocenters. The van der Waals surface area contributed by atoms with Crippen LogP contribution < -0.4 is 5.32 Å². The van der Waals surface area contributed by atoms with E-state index in [1.807, 2.05) is 35.7 Å². The van der Waals surface area contributed by atoms with Crippen molar-refractivity contribution in [3.05, 3.63) is 59.5 Å². The Morgan fingerprint density at radius 2 is 1.86 bits per heavy atom. The first-order valence-corrected chi connectivity index (χ1v) is 7.36. The van der Waals surface area contributed by atoms with Crippen LogP contribution in [0.2, 0.25) is 0 Å². The van der Waals surface area contributed by atoms with Crippen LogP contribution >= 0.6 is 11.3 Å². The van der Waals surface area contributed by atoms with Crippen LogP contribution in [-0.4, -0.2) is 21.1 Å². The van der Waals surface area contributed by atoms with Crippen molar-refractivity contribution in [2.45, 2.75) is 0 Å². The van der Waals surface area contributed by atoms with Gasteiger partial charge in [0.1, 0.15) is 11.5 Å². The minimum Gasteiger partial charge on any atom is -0.508 e. The van der Waals surface area contributed by atoms with Crippen molar-refractivity contribution in [3.8, 4) is 22.8 Å². The molecule has 0 saturated heterocycles. The standard InChI is InChI=1S/C16H12N2O3S/c19-11-6-7-12(14(20)8-11)15(21)18-16-17-13(9-22-16)10-4-2-1-3-5-10/h1-9,19-20H,(H,17,18,21). The van der Waals surface area contributed by atoms with E-state index in [9.17, 15) is 15.0 Å². The van der Waals surface area contributed by atoms with Crippen molar-refractivity contribution >= 4 is 22.4 Å². The Kier molecular flexibility index (Phi) is 3.76. The maximum absolute atomic E-state index is 12.1. The van der Waals surface area contributed by atoms with Gasteiger partial charge in [0, 0.05) is 17.0 Å². The highest BCUT2D eigenvalue weighted by atomic mass is 32.1. The lowest BCUT2D eigenvalue weighted by molar-refractivity contribution is 0.102. The molecule has 1 aromatic heterocycles. The Hall–Kier alpha value is -2.86. The molecular formula is C16H12N2O3S. The normalized spacial score (nSPS) is 10.4. The highest BCUT2D eigenvalue weighted by Crippen LogP contribution is 2.27. The van der Waals surface area contributed by atoms with Crippen LogP contribution in [0.5, 0.6) is 11.5 Å². The van der Waals surface area contributed by atoms with Crippen LogP contribution in [0, 0.1) is 0 Å². The zero-order valence-corrected chi connectivity index (χ0v) is 12.2. The number of rotatable bonds is 3. The second kappa shape index (κ2) is 5.87. The maximum atomic E-state index is 12.1. The van der Waals surface area contributed by atoms with Crippen molar-refractivity contribution in [1.82, 2.24) is 4.98 Å². The average molecular weight is 312 g/mol. The molecule has 110 valence electrons. The number of nitrogens with one attached hydrogen (secondary N) is 1. The number of phenols is 2. The van der Waals surface area contributed by atoms with Gasteiger partial charge in [-0.05, 0) is 12.1 Å². The summed E-state index contributed by atoms with van der Waals surface area (Å²) in [5.74, 6) is -0.863. The number of benzene rings is 2. The van der Waals surface area contributed by atoms with E-state index < -0.39 is 5.91 Å². The van der Waals surface area contributed by atoms with E-state index in [1.54, 1.807) is 0 Å². The molecule has 0 fully saturated rings. The lowest BCUT2D eigenvalue weighted by atomic mass is 10.2. The molecule has 22 heavy (non-hydrogen) atoms. The third kappa shape index (κ3) is 2.91. The molecule has 3 N–H and O–H groups in total. The number of aromatic nitrogens is 1. The zero-order chi connectivity index (χ0) is 15.5. The molecule has 5 nitrogen and oxygen atoms in total. The van der Waals surface area contributed by atoms with Gasteiger partial charge in [-0.25, -0.2) is 4.98 Å². The SMILES string of the molecule is O=C(Nc1nc(-c2ccccc2)cs1)c1ccc(O)cc1O. The molecule has 2 aromatic carbocycles. The highest BCUT2D eigenvalue weighted by molar-refractivity contribution is 7.14. The average Bonchev–Trinajstić information content (AvgIpc) is 2.96. The number of hydrogen-bond acceptors (Lipinski definition) is 5. The molecular weight excluding hydrogens is 300 g/mol. The summed E-state index contributed by atoms with van der Waals surface area (Å²) in [6.45, 7) is 0. The van der Waals surface area contributed by atoms with E-state index in [0.717, 1.165) is 17.3 Å². The van der Waals surface area contributed by atoms with Crippen LogP contribution in [0.3, 0.4) is 0 Å². The van der Waals surface area contributed by atoms with Gasteiger partial charge in [0.2, 0.25) is 0 Å². The fourth-order valence-electron chi connectivity index (χ4n) is 1.95. The van der Waals surface area contributed by atoms with Crippen LogP contribution in [0.4, 0.5) is 5.13 Å². The van der Waals surface area contributed by atoms with Crippen molar-refractivity contribution < 1.29 is 15.0 Å². The molecule has 3 rings (SSSR count). The van der Waals surface area contributed by atoms with Crippen molar-refractivity contribution in [2.24, 2.45) is 0 Å². The molecule has 0 saturated carbocycles. The summed E-state index contributed by atoms with van der Waals surface area (Å²) in [7, 11) is 0. The summed E-state index contributed by atoms with van der Waals surface area (Å²) in [5, 5.41) is 23.8. The van der Waals surface area contributed by atoms with Gasteiger partial charge in [0.15, 0.2) is 5.13 Å². The van der Waals surface area contributed by atoms with Crippen molar-refractivity contribution in [3.63, 3.8) is 0 Å². The summed E-state index contributed by atoms with van der Waals surface area (Å²) in [5.41, 5.74) is 1.82. The third-order valence-electron chi connectivity index (χ3n) is 3.02. The molecule has 0 bridgehead atoms. The quantitative estimate of drug-likeness (QED) is 0.691. The number of aromatic hydroxyl groups is 2. The topological polar surface area (TPSA) is 82.5 Å².